The number of carbonyl (C=O) groups is 3. The maximum Gasteiger partial charge on any atom is 0.303 e. The van der Waals surface area contributed by atoms with Crippen LogP contribution in [0.25, 0.3) is 0 Å². The Labute approximate surface area is 115 Å². The minimum absolute atomic E-state index is 0.0725. The van der Waals surface area contributed by atoms with Crippen LogP contribution in [-0.2, 0) is 20.8 Å². The number of aliphatic carboxylic acids is 1. The van der Waals surface area contributed by atoms with E-state index >= 15 is 0 Å². The number of benzene rings is 1. The minimum Gasteiger partial charge on any atom is -0.481 e. The van der Waals surface area contributed by atoms with Gasteiger partial charge in [-0.3, -0.25) is 19.6 Å². The first-order chi connectivity index (χ1) is 9.52. The lowest BCUT2D eigenvalue weighted by Gasteiger charge is -2.15. The summed E-state index contributed by atoms with van der Waals surface area (Å²) < 4.78 is 0. The number of hydrogen-bond acceptors (Lipinski definition) is 4. The Bertz CT molecular complexity index is 475. The van der Waals surface area contributed by atoms with Crippen LogP contribution in [0.4, 0.5) is 0 Å². The van der Waals surface area contributed by atoms with E-state index in [1.54, 1.807) is 24.3 Å². The Morgan fingerprint density at radius 2 is 1.80 bits per heavy atom. The van der Waals surface area contributed by atoms with Gasteiger partial charge in [0, 0.05) is 6.42 Å². The Morgan fingerprint density at radius 3 is 2.35 bits per heavy atom. The quantitative estimate of drug-likeness (QED) is 0.417. The lowest BCUT2D eigenvalue weighted by atomic mass is 10.1. The lowest BCUT2D eigenvalue weighted by molar-refractivity contribution is -0.138. The summed E-state index contributed by atoms with van der Waals surface area (Å²) in [6.07, 6.45) is -0.310. The van der Waals surface area contributed by atoms with E-state index in [0.717, 1.165) is 5.56 Å². The van der Waals surface area contributed by atoms with E-state index < -0.39 is 23.8 Å². The molecule has 0 saturated heterocycles. The van der Waals surface area contributed by atoms with E-state index in [1.165, 1.54) is 5.48 Å². The van der Waals surface area contributed by atoms with Gasteiger partial charge >= 0.3 is 5.97 Å². The number of hydrogen-bond donors (Lipinski definition) is 4. The fraction of sp³-hybridized carbons (Fsp3) is 0.308. The molecule has 1 aromatic rings. The van der Waals surface area contributed by atoms with Crippen LogP contribution in [0.2, 0.25) is 0 Å². The van der Waals surface area contributed by atoms with Crippen molar-refractivity contribution in [3.63, 3.8) is 0 Å². The van der Waals surface area contributed by atoms with Crippen LogP contribution < -0.4 is 10.8 Å². The molecule has 0 heterocycles. The summed E-state index contributed by atoms with van der Waals surface area (Å²) >= 11 is 0. The predicted molar refractivity (Wildman–Crippen MR) is 68.9 cm³/mol. The maximum absolute atomic E-state index is 11.8. The number of carboxylic acid groups (broad SMARTS) is 1. The van der Waals surface area contributed by atoms with Crippen molar-refractivity contribution in [2.45, 2.75) is 25.3 Å². The molecule has 2 amide bonds. The van der Waals surface area contributed by atoms with Gasteiger partial charge in [-0.25, -0.2) is 5.48 Å². The molecule has 0 aliphatic heterocycles. The number of carbonyl (C=O) groups excluding carboxylic acids is 2. The SMILES string of the molecule is O=C(O)CC[C@@H](NC(=O)Cc1ccccc1)C(=O)NO. The maximum atomic E-state index is 11.8. The van der Waals surface area contributed by atoms with Crippen LogP contribution in [0.1, 0.15) is 18.4 Å². The molecule has 0 radical (unpaired) electrons. The predicted octanol–water partition coefficient (Wildman–Crippen LogP) is 0.0841. The second-order valence-corrected chi connectivity index (χ2v) is 4.19. The third kappa shape index (κ3) is 5.49. The molecule has 0 fully saturated rings. The van der Waals surface area contributed by atoms with Crippen molar-refractivity contribution in [2.75, 3.05) is 0 Å². The molecular weight excluding hydrogens is 264 g/mol. The molecule has 0 saturated carbocycles. The molecule has 1 rings (SSSR count). The van der Waals surface area contributed by atoms with E-state index in [2.05, 4.69) is 5.32 Å². The van der Waals surface area contributed by atoms with E-state index in [9.17, 15) is 14.4 Å². The molecule has 0 unspecified atom stereocenters. The third-order valence-electron chi connectivity index (χ3n) is 2.62. The van der Waals surface area contributed by atoms with Gasteiger partial charge in [0.05, 0.1) is 6.42 Å². The third-order valence-corrected chi connectivity index (χ3v) is 2.62. The van der Waals surface area contributed by atoms with Gasteiger partial charge in [-0.05, 0) is 12.0 Å². The molecule has 0 aliphatic rings. The topological polar surface area (TPSA) is 116 Å². The summed E-state index contributed by atoms with van der Waals surface area (Å²) in [5.41, 5.74) is 2.18. The fourth-order valence-corrected chi connectivity index (χ4v) is 1.64. The van der Waals surface area contributed by atoms with E-state index in [0.29, 0.717) is 0 Å². The lowest BCUT2D eigenvalue weighted by Crippen LogP contribution is -2.46. The Balaban J connectivity index is 2.57. The van der Waals surface area contributed by atoms with Gasteiger partial charge < -0.3 is 10.4 Å². The van der Waals surface area contributed by atoms with E-state index in [4.69, 9.17) is 10.3 Å². The summed E-state index contributed by atoms with van der Waals surface area (Å²) in [7, 11) is 0. The Morgan fingerprint density at radius 1 is 1.15 bits per heavy atom. The number of rotatable bonds is 7. The van der Waals surface area contributed by atoms with Crippen molar-refractivity contribution in [3.05, 3.63) is 35.9 Å². The van der Waals surface area contributed by atoms with Gasteiger partial charge in [0.15, 0.2) is 0 Å². The normalized spacial score (nSPS) is 11.4. The first-order valence-corrected chi connectivity index (χ1v) is 6.02. The molecule has 1 aromatic carbocycles. The largest absolute Gasteiger partial charge is 0.481 e. The molecule has 0 bridgehead atoms. The highest BCUT2D eigenvalue weighted by Gasteiger charge is 2.21. The summed E-state index contributed by atoms with van der Waals surface area (Å²) in [5.74, 6) is -2.35. The second kappa shape index (κ2) is 7.90. The smallest absolute Gasteiger partial charge is 0.303 e. The zero-order valence-corrected chi connectivity index (χ0v) is 10.7. The molecule has 0 aromatic heterocycles. The van der Waals surface area contributed by atoms with Crippen LogP contribution in [0.3, 0.4) is 0 Å². The molecular formula is C13H16N2O5. The summed E-state index contributed by atoms with van der Waals surface area (Å²) in [5, 5.41) is 19.6. The molecule has 108 valence electrons. The minimum atomic E-state index is -1.09. The van der Waals surface area contributed by atoms with Crippen molar-refractivity contribution < 1.29 is 24.7 Å². The first-order valence-electron chi connectivity index (χ1n) is 6.02. The fourth-order valence-electron chi connectivity index (χ4n) is 1.64. The van der Waals surface area contributed by atoms with Gasteiger partial charge in [0.25, 0.3) is 5.91 Å². The van der Waals surface area contributed by atoms with Crippen LogP contribution in [0.5, 0.6) is 0 Å². The highest BCUT2D eigenvalue weighted by atomic mass is 16.5. The van der Waals surface area contributed by atoms with Crippen molar-refractivity contribution in [3.8, 4) is 0 Å². The zero-order chi connectivity index (χ0) is 15.0. The van der Waals surface area contributed by atoms with E-state index in [1.807, 2.05) is 6.07 Å². The van der Waals surface area contributed by atoms with Crippen molar-refractivity contribution in [2.24, 2.45) is 0 Å². The molecule has 4 N–H and O–H groups in total. The van der Waals surface area contributed by atoms with Crippen molar-refractivity contribution in [1.82, 2.24) is 10.8 Å². The van der Waals surface area contributed by atoms with Crippen LogP contribution in [0, 0.1) is 0 Å². The van der Waals surface area contributed by atoms with E-state index in [-0.39, 0.29) is 19.3 Å². The van der Waals surface area contributed by atoms with Crippen molar-refractivity contribution >= 4 is 17.8 Å². The summed E-state index contributed by atoms with van der Waals surface area (Å²) in [6.45, 7) is 0. The molecule has 7 nitrogen and oxygen atoms in total. The van der Waals surface area contributed by atoms with Crippen LogP contribution >= 0.6 is 0 Å². The van der Waals surface area contributed by atoms with Crippen LogP contribution in [0.15, 0.2) is 30.3 Å². The highest BCUT2D eigenvalue weighted by molar-refractivity contribution is 5.88. The van der Waals surface area contributed by atoms with Crippen molar-refractivity contribution in [1.29, 1.82) is 0 Å². The Hall–Kier alpha value is -2.41. The molecule has 0 aliphatic carbocycles. The zero-order valence-electron chi connectivity index (χ0n) is 10.7. The average Bonchev–Trinajstić information content (AvgIpc) is 2.43. The number of carboxylic acids is 1. The number of nitrogens with one attached hydrogen (secondary N) is 2. The average molecular weight is 280 g/mol. The first kappa shape index (κ1) is 15.6. The highest BCUT2D eigenvalue weighted by Crippen LogP contribution is 2.02. The van der Waals surface area contributed by atoms with Gasteiger partial charge in [0.2, 0.25) is 5.91 Å². The second-order valence-electron chi connectivity index (χ2n) is 4.19. The van der Waals surface area contributed by atoms with Gasteiger partial charge in [0.1, 0.15) is 6.04 Å². The molecule has 0 spiro atoms. The standard InChI is InChI=1S/C13H16N2O5/c16-11(8-9-4-2-1-3-5-9)14-10(13(19)15-20)6-7-12(17)18/h1-5,10,20H,6-8H2,(H,14,16)(H,15,19)(H,17,18)/t10-/m1/s1. The summed E-state index contributed by atoms with van der Waals surface area (Å²) in [6, 6.07) is 7.83. The van der Waals surface area contributed by atoms with Crippen LogP contribution in [-0.4, -0.2) is 34.1 Å². The molecule has 7 heteroatoms. The summed E-state index contributed by atoms with van der Waals surface area (Å²) in [4.78, 5) is 33.6. The monoisotopic (exact) mass is 280 g/mol. The Kier molecular flexibility index (Phi) is 6.18. The van der Waals surface area contributed by atoms with Gasteiger partial charge in [-0.1, -0.05) is 30.3 Å². The van der Waals surface area contributed by atoms with Gasteiger partial charge in [-0.2, -0.15) is 0 Å². The van der Waals surface area contributed by atoms with Gasteiger partial charge in [-0.15, -0.1) is 0 Å². The molecule has 1 atom stereocenters. The number of amides is 2. The molecule has 20 heavy (non-hydrogen) atoms. The number of hydroxylamine groups is 1.